The van der Waals surface area contributed by atoms with Crippen molar-refractivity contribution in [1.29, 1.82) is 0 Å². The Morgan fingerprint density at radius 2 is 1.36 bits per heavy atom. The Morgan fingerprint density at radius 1 is 0.707 bits per heavy atom. The fourth-order valence-corrected chi connectivity index (χ4v) is 8.99. The molecule has 2 aromatic carbocycles. The molecule has 4 aliphatic rings. The second-order valence-corrected chi connectivity index (χ2v) is 16.0. The number of imidazole rings is 2. The maximum absolute atomic E-state index is 13.7. The number of amides is 4. The SMILES string of the molecule is COC(=O)N[C@H](C(=O)N1CCC[C@H]1c1nc2ncc3[nH]c(-c4ccc5c(ccc6[nH]c([C@@H]7CCCN7C(=O)[C@@H](NC(=O)OC)C7CC7)nc65)c4)ccc3c2n1)C1CC1. The van der Waals surface area contributed by atoms with E-state index in [1.165, 1.54) is 14.2 Å². The number of nitrogens with one attached hydrogen (secondary N) is 4. The normalized spacial score (nSPS) is 20.5. The van der Waals surface area contributed by atoms with Gasteiger partial charge in [-0.15, -0.1) is 0 Å². The van der Waals surface area contributed by atoms with Gasteiger partial charge in [0.15, 0.2) is 11.5 Å². The van der Waals surface area contributed by atoms with E-state index in [2.05, 4.69) is 49.9 Å². The number of methoxy groups -OCH3 is 2. The number of pyridine rings is 2. The fraction of sp³-hybridized carbons (Fsp3) is 0.429. The highest BCUT2D eigenvalue weighted by Crippen LogP contribution is 2.40. The van der Waals surface area contributed by atoms with E-state index in [0.29, 0.717) is 30.1 Å². The van der Waals surface area contributed by atoms with Crippen molar-refractivity contribution in [3.8, 4) is 11.3 Å². The van der Waals surface area contributed by atoms with E-state index in [1.54, 1.807) is 11.1 Å². The van der Waals surface area contributed by atoms with Crippen molar-refractivity contribution < 1.29 is 28.7 Å². The monoisotopic (exact) mass is 784 g/mol. The molecule has 6 heterocycles. The minimum atomic E-state index is -0.619. The zero-order valence-electron chi connectivity index (χ0n) is 32.3. The average molecular weight is 785 g/mol. The molecule has 2 aliphatic heterocycles. The van der Waals surface area contributed by atoms with Crippen LogP contribution in [-0.2, 0) is 19.1 Å². The van der Waals surface area contributed by atoms with Crippen LogP contribution >= 0.6 is 0 Å². The molecular formula is C42H44N10O6. The summed E-state index contributed by atoms with van der Waals surface area (Å²) in [5.74, 6) is 1.34. The molecule has 58 heavy (non-hydrogen) atoms. The Labute approximate surface area is 332 Å². The summed E-state index contributed by atoms with van der Waals surface area (Å²) in [4.78, 5) is 81.8. The summed E-state index contributed by atoms with van der Waals surface area (Å²) in [6.07, 6.45) is 7.37. The summed E-state index contributed by atoms with van der Waals surface area (Å²) in [5.41, 5.74) is 5.63. The second kappa shape index (κ2) is 14.3. The molecule has 298 valence electrons. The van der Waals surface area contributed by atoms with Crippen LogP contribution < -0.4 is 10.6 Å². The van der Waals surface area contributed by atoms with Crippen molar-refractivity contribution in [2.75, 3.05) is 27.3 Å². The van der Waals surface area contributed by atoms with Gasteiger partial charge in [-0.3, -0.25) is 9.59 Å². The maximum Gasteiger partial charge on any atom is 0.407 e. The number of alkyl carbamates (subject to hydrolysis) is 2. The molecule has 2 aliphatic carbocycles. The van der Waals surface area contributed by atoms with Gasteiger partial charge >= 0.3 is 12.2 Å². The summed E-state index contributed by atoms with van der Waals surface area (Å²) in [6.45, 7) is 1.18. The van der Waals surface area contributed by atoms with E-state index >= 15 is 0 Å². The van der Waals surface area contributed by atoms with Crippen molar-refractivity contribution in [3.63, 3.8) is 0 Å². The molecule has 4 atom stereocenters. The predicted molar refractivity (Wildman–Crippen MR) is 213 cm³/mol. The minimum Gasteiger partial charge on any atom is -0.453 e. The van der Waals surface area contributed by atoms with E-state index in [9.17, 15) is 19.2 Å². The minimum absolute atomic E-state index is 0.0839. The average Bonchev–Trinajstić information content (AvgIpc) is 4.01. The molecule has 10 rings (SSSR count). The van der Waals surface area contributed by atoms with Crippen LogP contribution in [0.2, 0.25) is 0 Å². The lowest BCUT2D eigenvalue weighted by atomic mass is 10.0. The zero-order valence-corrected chi connectivity index (χ0v) is 32.3. The van der Waals surface area contributed by atoms with Crippen molar-refractivity contribution in [1.82, 2.24) is 50.3 Å². The fourth-order valence-electron chi connectivity index (χ4n) is 8.99. The second-order valence-electron chi connectivity index (χ2n) is 16.0. The number of aromatic amines is 2. The molecule has 0 unspecified atom stereocenters. The number of ether oxygens (including phenoxy) is 2. The molecule has 2 saturated carbocycles. The number of benzene rings is 2. The van der Waals surface area contributed by atoms with Crippen molar-refractivity contribution in [2.24, 2.45) is 11.8 Å². The standard InChI is InChI=1S/C42H44N10O6/c1-57-41(55)48-32(21-7-8-21)39(53)51-17-3-5-30(51)36-45-28-15-12-23-19-24(11-13-25(23)34(28)46-36)27-16-14-26-29(44-27)20-43-38-35(26)47-37(50-38)31-6-4-18-52(31)40(54)33(22-9-10-22)49-42(56)58-2/h11-16,19-22,30-33,44H,3-10,17-18H2,1-2H3,(H,45,46)(H,48,55)(H,49,56)/t30-,31-,32-,33-/m0/s1. The zero-order chi connectivity index (χ0) is 39.7. The van der Waals surface area contributed by atoms with E-state index < -0.39 is 24.3 Å². The van der Waals surface area contributed by atoms with Gasteiger partial charge in [0.25, 0.3) is 0 Å². The van der Waals surface area contributed by atoms with E-state index in [4.69, 9.17) is 24.4 Å². The molecule has 4 amide bonds. The van der Waals surface area contributed by atoms with Crippen LogP contribution in [0.15, 0.2) is 48.7 Å². The molecule has 4 aromatic heterocycles. The highest BCUT2D eigenvalue weighted by molar-refractivity contribution is 6.06. The van der Waals surface area contributed by atoms with Gasteiger partial charge in [0.05, 0.1) is 49.1 Å². The Kier molecular flexibility index (Phi) is 8.86. The topological polar surface area (TPSA) is 200 Å². The molecule has 0 spiro atoms. The number of aromatic nitrogens is 6. The van der Waals surface area contributed by atoms with Gasteiger partial charge in [-0.2, -0.15) is 0 Å². The van der Waals surface area contributed by atoms with Crippen LogP contribution in [0, 0.1) is 11.8 Å². The molecule has 16 heteroatoms. The van der Waals surface area contributed by atoms with Crippen molar-refractivity contribution >= 4 is 67.9 Å². The van der Waals surface area contributed by atoms with Crippen LogP contribution in [0.25, 0.3) is 55.1 Å². The largest absolute Gasteiger partial charge is 0.453 e. The van der Waals surface area contributed by atoms with E-state index in [0.717, 1.165) is 101 Å². The number of rotatable bonds is 9. The third kappa shape index (κ3) is 6.40. The van der Waals surface area contributed by atoms with Gasteiger partial charge < -0.3 is 39.9 Å². The summed E-state index contributed by atoms with van der Waals surface area (Å²) < 4.78 is 9.61. The predicted octanol–water partition coefficient (Wildman–Crippen LogP) is 5.80. The number of carbonyl (C=O) groups excluding carboxylic acids is 4. The van der Waals surface area contributed by atoms with Crippen LogP contribution in [-0.4, -0.2) is 103 Å². The molecule has 6 aromatic rings. The lowest BCUT2D eigenvalue weighted by Gasteiger charge is -2.28. The van der Waals surface area contributed by atoms with Gasteiger partial charge in [-0.25, -0.2) is 29.5 Å². The van der Waals surface area contributed by atoms with Crippen LogP contribution in [0.5, 0.6) is 0 Å². The van der Waals surface area contributed by atoms with Gasteiger partial charge in [0.1, 0.15) is 23.4 Å². The first-order valence-corrected chi connectivity index (χ1v) is 20.2. The van der Waals surface area contributed by atoms with E-state index in [1.807, 2.05) is 23.1 Å². The summed E-state index contributed by atoms with van der Waals surface area (Å²) in [5, 5.41) is 8.42. The Bertz CT molecular complexity index is 2450. The van der Waals surface area contributed by atoms with Crippen LogP contribution in [0.3, 0.4) is 0 Å². The first-order valence-electron chi connectivity index (χ1n) is 20.2. The van der Waals surface area contributed by atoms with Gasteiger partial charge in [-0.1, -0.05) is 18.2 Å². The number of fused-ring (bicyclic) bond motifs is 6. The molecular weight excluding hydrogens is 741 g/mol. The molecule has 16 nitrogen and oxygen atoms in total. The summed E-state index contributed by atoms with van der Waals surface area (Å²) in [7, 11) is 2.61. The first kappa shape index (κ1) is 36.0. The lowest BCUT2D eigenvalue weighted by molar-refractivity contribution is -0.135. The van der Waals surface area contributed by atoms with Gasteiger partial charge in [-0.05, 0) is 98.4 Å². The highest BCUT2D eigenvalue weighted by atomic mass is 16.5. The summed E-state index contributed by atoms with van der Waals surface area (Å²) in [6, 6.07) is 12.7. The number of H-pyrrole nitrogens is 2. The molecule has 0 radical (unpaired) electrons. The third-order valence-corrected chi connectivity index (χ3v) is 12.3. The van der Waals surface area contributed by atoms with Crippen molar-refractivity contribution in [3.05, 3.63) is 60.3 Å². The summed E-state index contributed by atoms with van der Waals surface area (Å²) >= 11 is 0. The molecule has 4 fully saturated rings. The number of likely N-dealkylation sites (tertiary alicyclic amines) is 2. The quantitative estimate of drug-likeness (QED) is 0.139. The Hall–Kier alpha value is -6.32. The Morgan fingerprint density at radius 3 is 2.03 bits per heavy atom. The number of hydrogen-bond donors (Lipinski definition) is 4. The van der Waals surface area contributed by atoms with Crippen LogP contribution in [0.4, 0.5) is 9.59 Å². The van der Waals surface area contributed by atoms with Crippen LogP contribution in [0.1, 0.15) is 75.1 Å². The van der Waals surface area contributed by atoms with Gasteiger partial charge in [0, 0.05) is 29.6 Å². The number of hydrogen-bond acceptors (Lipinski definition) is 10. The smallest absolute Gasteiger partial charge is 0.407 e. The highest BCUT2D eigenvalue weighted by Gasteiger charge is 2.45. The molecule has 4 N–H and O–H groups in total. The molecule has 0 bridgehead atoms. The van der Waals surface area contributed by atoms with Crippen molar-refractivity contribution in [2.45, 2.75) is 75.5 Å². The number of carbonyl (C=O) groups is 4. The maximum atomic E-state index is 13.7. The van der Waals surface area contributed by atoms with Gasteiger partial charge in [0.2, 0.25) is 11.8 Å². The van der Waals surface area contributed by atoms with E-state index in [-0.39, 0.29) is 35.7 Å². The number of nitrogens with zero attached hydrogens (tertiary/aromatic N) is 6. The first-order chi connectivity index (χ1) is 28.3. The Balaban J connectivity index is 0.902. The molecule has 2 saturated heterocycles. The third-order valence-electron chi connectivity index (χ3n) is 12.3. The lowest BCUT2D eigenvalue weighted by Crippen LogP contribution is -2.49.